The molecule has 11 heteroatoms. The van der Waals surface area contributed by atoms with Crippen LogP contribution in [-0.2, 0) is 27.3 Å². The first-order valence-electron chi connectivity index (χ1n) is 14.3. The van der Waals surface area contributed by atoms with E-state index in [-0.39, 0.29) is 24.3 Å². The number of amides is 1. The number of oxazole rings is 1. The van der Waals surface area contributed by atoms with Crippen LogP contribution in [0.1, 0.15) is 42.3 Å². The Bertz CT molecular complexity index is 1850. The Balaban J connectivity index is 1.25. The third-order valence-corrected chi connectivity index (χ3v) is 6.94. The van der Waals surface area contributed by atoms with Gasteiger partial charge >= 0.3 is 18.0 Å². The first kappa shape index (κ1) is 32.5. The van der Waals surface area contributed by atoms with Crippen molar-refractivity contribution in [1.29, 1.82) is 0 Å². The third kappa shape index (κ3) is 8.87. The van der Waals surface area contributed by atoms with Gasteiger partial charge in [-0.1, -0.05) is 65.7 Å². The van der Waals surface area contributed by atoms with Gasteiger partial charge in [0.2, 0.25) is 5.89 Å². The van der Waals surface area contributed by atoms with Crippen molar-refractivity contribution < 1.29 is 33.0 Å². The molecule has 236 valence electrons. The smallest absolute Gasteiger partial charge is 0.408 e. The topological polar surface area (TPSA) is 117 Å². The van der Waals surface area contributed by atoms with Gasteiger partial charge in [0.25, 0.3) is 0 Å². The molecule has 1 heterocycles. The fourth-order valence-electron chi connectivity index (χ4n) is 4.42. The highest BCUT2D eigenvalue weighted by atomic mass is 35.5. The molecule has 4 aromatic carbocycles. The van der Waals surface area contributed by atoms with Crippen molar-refractivity contribution in [1.82, 2.24) is 10.3 Å². The Kier molecular flexibility index (Phi) is 9.94. The first-order valence-corrected chi connectivity index (χ1v) is 15.1. The number of nitrogens with one attached hydrogen (secondary N) is 1. The number of rotatable bonds is 9. The summed E-state index contributed by atoms with van der Waals surface area (Å²) in [6.45, 7) is 5.24. The molecule has 0 saturated heterocycles. The molecule has 0 bridgehead atoms. The third-order valence-electron chi connectivity index (χ3n) is 6.51. The molecular weight excluding hydrogens is 631 g/mol. The van der Waals surface area contributed by atoms with Crippen molar-refractivity contribution in [3.63, 3.8) is 0 Å². The summed E-state index contributed by atoms with van der Waals surface area (Å²) in [7, 11) is 0. The van der Waals surface area contributed by atoms with Gasteiger partial charge in [-0.05, 0) is 80.4 Å². The molecule has 5 aromatic rings. The van der Waals surface area contributed by atoms with Crippen molar-refractivity contribution in [2.45, 2.75) is 45.4 Å². The minimum Gasteiger partial charge on any atom is -0.459 e. The van der Waals surface area contributed by atoms with E-state index < -0.39 is 29.7 Å². The molecule has 1 N–H and O–H groups in total. The lowest BCUT2D eigenvalue weighted by Crippen LogP contribution is -2.45. The molecule has 5 rings (SSSR count). The second kappa shape index (κ2) is 14.1. The highest BCUT2D eigenvalue weighted by molar-refractivity contribution is 6.35. The van der Waals surface area contributed by atoms with Crippen LogP contribution in [0.4, 0.5) is 4.79 Å². The predicted molar refractivity (Wildman–Crippen MR) is 174 cm³/mol. The van der Waals surface area contributed by atoms with Gasteiger partial charge in [0.1, 0.15) is 29.5 Å². The molecule has 0 fully saturated rings. The van der Waals surface area contributed by atoms with Crippen LogP contribution in [0.5, 0.6) is 5.75 Å². The van der Waals surface area contributed by atoms with Crippen LogP contribution in [0.15, 0.2) is 95.4 Å². The minimum atomic E-state index is -1.02. The van der Waals surface area contributed by atoms with Crippen LogP contribution in [0.25, 0.3) is 22.6 Å². The van der Waals surface area contributed by atoms with Gasteiger partial charge in [-0.25, -0.2) is 19.4 Å². The van der Waals surface area contributed by atoms with E-state index in [1.807, 2.05) is 30.3 Å². The molecule has 9 nitrogen and oxygen atoms in total. The van der Waals surface area contributed by atoms with E-state index in [2.05, 4.69) is 10.3 Å². The quantitative estimate of drug-likeness (QED) is 0.124. The number of esters is 2. The summed E-state index contributed by atoms with van der Waals surface area (Å²) in [5, 5.41) is 3.50. The van der Waals surface area contributed by atoms with E-state index in [0.717, 1.165) is 5.56 Å². The van der Waals surface area contributed by atoms with Gasteiger partial charge in [0.05, 0.1) is 5.56 Å². The summed E-state index contributed by atoms with van der Waals surface area (Å²) in [6.07, 6.45) is -0.629. The molecule has 0 spiro atoms. The van der Waals surface area contributed by atoms with E-state index in [0.29, 0.717) is 38.2 Å². The Labute approximate surface area is 275 Å². The molecule has 0 radical (unpaired) electrons. The van der Waals surface area contributed by atoms with Crippen molar-refractivity contribution in [3.8, 4) is 17.2 Å². The van der Waals surface area contributed by atoms with Gasteiger partial charge in [0.15, 0.2) is 5.58 Å². The van der Waals surface area contributed by atoms with E-state index in [4.69, 9.17) is 41.8 Å². The van der Waals surface area contributed by atoms with Gasteiger partial charge in [-0.15, -0.1) is 0 Å². The summed E-state index contributed by atoms with van der Waals surface area (Å²) in [5.74, 6) is -0.630. The monoisotopic (exact) mass is 660 g/mol. The summed E-state index contributed by atoms with van der Waals surface area (Å²) < 4.78 is 22.3. The first-order chi connectivity index (χ1) is 21.9. The maximum absolute atomic E-state index is 13.0. The maximum atomic E-state index is 13.0. The Morgan fingerprint density at radius 3 is 2.24 bits per heavy atom. The minimum absolute atomic E-state index is 0.0528. The number of fused-ring (bicyclic) bond motifs is 1. The molecule has 0 saturated carbocycles. The largest absolute Gasteiger partial charge is 0.459 e. The van der Waals surface area contributed by atoms with Gasteiger partial charge in [-0.3, -0.25) is 0 Å². The number of hydrogen-bond acceptors (Lipinski definition) is 8. The lowest BCUT2D eigenvalue weighted by molar-refractivity contribution is -0.147. The number of carbonyl (C=O) groups is 3. The Morgan fingerprint density at radius 2 is 1.57 bits per heavy atom. The van der Waals surface area contributed by atoms with Crippen molar-refractivity contribution in [2.24, 2.45) is 0 Å². The maximum Gasteiger partial charge on any atom is 0.408 e. The number of alkyl carbamates (subject to hydrolysis) is 1. The van der Waals surface area contributed by atoms with Crippen LogP contribution in [0, 0.1) is 0 Å². The van der Waals surface area contributed by atoms with E-state index >= 15 is 0 Å². The second-order valence-corrected chi connectivity index (χ2v) is 12.3. The lowest BCUT2D eigenvalue weighted by Gasteiger charge is -2.23. The van der Waals surface area contributed by atoms with Gasteiger partial charge in [-0.2, -0.15) is 0 Å². The average molecular weight is 662 g/mol. The zero-order valence-corrected chi connectivity index (χ0v) is 26.7. The van der Waals surface area contributed by atoms with Crippen molar-refractivity contribution in [2.75, 3.05) is 0 Å². The number of hydrogen-bond donors (Lipinski definition) is 1. The number of nitrogens with zero attached hydrogens (tertiary/aromatic N) is 1. The molecule has 1 aromatic heterocycles. The summed E-state index contributed by atoms with van der Waals surface area (Å²) in [6, 6.07) is 24.5. The number of benzene rings is 4. The fraction of sp³-hybridized carbons (Fsp3) is 0.200. The zero-order valence-electron chi connectivity index (χ0n) is 25.2. The fourth-order valence-corrected chi connectivity index (χ4v) is 4.95. The molecule has 0 unspecified atom stereocenters. The summed E-state index contributed by atoms with van der Waals surface area (Å²) >= 11 is 12.2. The molecule has 0 aliphatic carbocycles. The van der Waals surface area contributed by atoms with Crippen LogP contribution in [0.2, 0.25) is 10.0 Å². The standard InChI is InChI=1S/C35H30Cl2N2O7/c1-35(2,3)46-34(42)39-29(33(41)43-20-22-7-5-4-6-8-22)15-21-9-12-27(13-10-21)44-32(40)23-11-14-28-30(18-23)45-31(38-28)24-16-25(36)19-26(37)17-24/h4-14,16-19,29H,15,20H2,1-3H3,(H,39,42)/t29-/m1/s1. The van der Waals surface area contributed by atoms with E-state index in [1.165, 1.54) is 0 Å². The average Bonchev–Trinajstić information content (AvgIpc) is 3.43. The molecule has 0 aliphatic heterocycles. The number of aromatic nitrogens is 1. The predicted octanol–water partition coefficient (Wildman–Crippen LogP) is 8.20. The Hall–Kier alpha value is -4.86. The molecule has 0 aliphatic rings. The molecule has 46 heavy (non-hydrogen) atoms. The molecular formula is C35H30Cl2N2O7. The normalized spacial score (nSPS) is 11.9. The summed E-state index contributed by atoms with van der Waals surface area (Å²) in [4.78, 5) is 42.9. The van der Waals surface area contributed by atoms with Crippen molar-refractivity contribution in [3.05, 3.63) is 118 Å². The Morgan fingerprint density at radius 1 is 0.870 bits per heavy atom. The number of carbonyl (C=O) groups excluding carboxylic acids is 3. The van der Waals surface area contributed by atoms with Crippen molar-refractivity contribution >= 4 is 52.3 Å². The van der Waals surface area contributed by atoms with Crippen LogP contribution >= 0.6 is 23.2 Å². The highest BCUT2D eigenvalue weighted by Crippen LogP contribution is 2.30. The van der Waals surface area contributed by atoms with Crippen LogP contribution in [-0.4, -0.2) is 34.7 Å². The van der Waals surface area contributed by atoms with Crippen LogP contribution in [0.3, 0.4) is 0 Å². The SMILES string of the molecule is CC(C)(C)OC(=O)N[C@H](Cc1ccc(OC(=O)c2ccc3nc(-c4cc(Cl)cc(Cl)c4)oc3c2)cc1)C(=O)OCc1ccccc1. The number of halogens is 2. The second-order valence-electron chi connectivity index (χ2n) is 11.4. The molecule has 1 amide bonds. The summed E-state index contributed by atoms with van der Waals surface area (Å²) in [5.41, 5.74) is 2.54. The van der Waals surface area contributed by atoms with Crippen LogP contribution < -0.4 is 10.1 Å². The van der Waals surface area contributed by atoms with Gasteiger partial charge in [0, 0.05) is 22.0 Å². The van der Waals surface area contributed by atoms with Gasteiger partial charge < -0.3 is 23.9 Å². The highest BCUT2D eigenvalue weighted by Gasteiger charge is 2.26. The molecule has 1 atom stereocenters. The zero-order chi connectivity index (χ0) is 32.8. The van der Waals surface area contributed by atoms with E-state index in [1.54, 1.807) is 81.4 Å². The number of ether oxygens (including phenoxy) is 3. The lowest BCUT2D eigenvalue weighted by atomic mass is 10.1. The van der Waals surface area contributed by atoms with E-state index in [9.17, 15) is 14.4 Å².